The molecule has 3 aromatic rings. The first kappa shape index (κ1) is 19.4. The lowest BCUT2D eigenvalue weighted by molar-refractivity contribution is -0.119. The van der Waals surface area contributed by atoms with Crippen LogP contribution >= 0.6 is 34.9 Å². The van der Waals surface area contributed by atoms with Crippen LogP contribution in [0.2, 0.25) is 0 Å². The number of nitrogens with one attached hydrogen (secondary N) is 1. The average Bonchev–Trinajstić information content (AvgIpc) is 3.39. The third-order valence-electron chi connectivity index (χ3n) is 4.25. The predicted octanol–water partition coefficient (Wildman–Crippen LogP) is 3.65. The maximum absolute atomic E-state index is 12.6. The number of thiophene rings is 1. The van der Waals surface area contributed by atoms with Crippen molar-refractivity contribution in [2.75, 3.05) is 23.5 Å². The quantitative estimate of drug-likeness (QED) is 0.640. The van der Waals surface area contributed by atoms with E-state index in [4.69, 9.17) is 4.74 Å². The van der Waals surface area contributed by atoms with Crippen molar-refractivity contribution >= 4 is 51.0 Å². The highest BCUT2D eigenvalue weighted by Crippen LogP contribution is 2.48. The highest BCUT2D eigenvalue weighted by atomic mass is 32.2. The SMILES string of the molecule is CCc1cc2c(=O)n(NC(=O)COc3ccccc3C3SCCS3)cnc2s1. The van der Waals surface area contributed by atoms with Crippen molar-refractivity contribution in [3.8, 4) is 5.75 Å². The van der Waals surface area contributed by atoms with E-state index in [0.717, 1.165) is 33.0 Å². The number of ether oxygens (including phenoxy) is 1. The van der Waals surface area contributed by atoms with Gasteiger partial charge in [0.05, 0.1) is 9.97 Å². The molecule has 0 aliphatic carbocycles. The van der Waals surface area contributed by atoms with Gasteiger partial charge in [-0.3, -0.25) is 15.0 Å². The van der Waals surface area contributed by atoms with Gasteiger partial charge in [0, 0.05) is 21.9 Å². The highest BCUT2D eigenvalue weighted by molar-refractivity contribution is 8.19. The van der Waals surface area contributed by atoms with Gasteiger partial charge in [-0.15, -0.1) is 34.9 Å². The second-order valence-electron chi connectivity index (χ2n) is 6.14. The fraction of sp³-hybridized carbons (Fsp3) is 0.316. The summed E-state index contributed by atoms with van der Waals surface area (Å²) in [5.41, 5.74) is 3.37. The number of thioether (sulfide) groups is 2. The summed E-state index contributed by atoms with van der Waals surface area (Å²) in [5, 5.41) is 0.520. The van der Waals surface area contributed by atoms with Gasteiger partial charge in [0.2, 0.25) is 0 Å². The van der Waals surface area contributed by atoms with Gasteiger partial charge < -0.3 is 4.74 Å². The summed E-state index contributed by atoms with van der Waals surface area (Å²) in [6.07, 6.45) is 2.19. The van der Waals surface area contributed by atoms with Gasteiger partial charge in [0.25, 0.3) is 11.5 Å². The topological polar surface area (TPSA) is 73.2 Å². The van der Waals surface area contributed by atoms with Crippen molar-refractivity contribution in [1.29, 1.82) is 0 Å². The summed E-state index contributed by atoms with van der Waals surface area (Å²) in [5.74, 6) is 2.53. The van der Waals surface area contributed by atoms with Crippen LogP contribution in [0.15, 0.2) is 41.5 Å². The molecule has 2 aromatic heterocycles. The second-order valence-corrected chi connectivity index (χ2v) is 9.98. The summed E-state index contributed by atoms with van der Waals surface area (Å²) >= 11 is 5.26. The molecule has 0 atom stereocenters. The van der Waals surface area contributed by atoms with Gasteiger partial charge >= 0.3 is 0 Å². The number of carbonyl (C=O) groups is 1. The Morgan fingerprint density at radius 3 is 2.89 bits per heavy atom. The van der Waals surface area contributed by atoms with E-state index in [1.54, 1.807) is 0 Å². The number of rotatable bonds is 6. The fourth-order valence-corrected chi connectivity index (χ4v) is 6.72. The van der Waals surface area contributed by atoms with Crippen LogP contribution in [0.1, 0.15) is 21.9 Å². The van der Waals surface area contributed by atoms with E-state index in [1.165, 1.54) is 17.7 Å². The number of hydrogen-bond acceptors (Lipinski definition) is 7. The van der Waals surface area contributed by atoms with Gasteiger partial charge in [-0.2, -0.15) is 0 Å². The number of amides is 1. The zero-order valence-corrected chi connectivity index (χ0v) is 17.7. The van der Waals surface area contributed by atoms with Crippen molar-refractivity contribution in [1.82, 2.24) is 9.66 Å². The van der Waals surface area contributed by atoms with Crippen LogP contribution in [0.3, 0.4) is 0 Å². The summed E-state index contributed by atoms with van der Waals surface area (Å²) < 4.78 is 7.21. The zero-order valence-electron chi connectivity index (χ0n) is 15.2. The van der Waals surface area contributed by atoms with Crippen LogP contribution < -0.4 is 15.7 Å². The lowest BCUT2D eigenvalue weighted by atomic mass is 10.2. The van der Waals surface area contributed by atoms with Crippen LogP contribution in [0.5, 0.6) is 5.75 Å². The molecule has 1 fully saturated rings. The lowest BCUT2D eigenvalue weighted by Crippen LogP contribution is -2.35. The summed E-state index contributed by atoms with van der Waals surface area (Å²) in [4.78, 5) is 30.9. The molecule has 1 aliphatic heterocycles. The van der Waals surface area contributed by atoms with E-state index in [-0.39, 0.29) is 12.2 Å². The fourth-order valence-electron chi connectivity index (χ4n) is 2.88. The van der Waals surface area contributed by atoms with Crippen molar-refractivity contribution in [3.63, 3.8) is 0 Å². The van der Waals surface area contributed by atoms with E-state index in [2.05, 4.69) is 10.4 Å². The molecule has 28 heavy (non-hydrogen) atoms. The largest absolute Gasteiger partial charge is 0.483 e. The number of hydrogen-bond donors (Lipinski definition) is 1. The Morgan fingerprint density at radius 1 is 1.32 bits per heavy atom. The number of para-hydroxylation sites is 1. The predicted molar refractivity (Wildman–Crippen MR) is 117 cm³/mol. The highest BCUT2D eigenvalue weighted by Gasteiger charge is 2.22. The molecule has 0 unspecified atom stereocenters. The van der Waals surface area contributed by atoms with E-state index < -0.39 is 5.91 Å². The molecule has 1 N–H and O–H groups in total. The Labute approximate surface area is 174 Å². The number of aryl methyl sites for hydroxylation is 1. The van der Waals surface area contributed by atoms with E-state index in [9.17, 15) is 9.59 Å². The second kappa shape index (κ2) is 8.59. The monoisotopic (exact) mass is 433 g/mol. The molecule has 0 bridgehead atoms. The molecule has 6 nitrogen and oxygen atoms in total. The summed E-state index contributed by atoms with van der Waals surface area (Å²) in [6, 6.07) is 9.62. The number of nitrogens with zero attached hydrogens (tertiary/aromatic N) is 2. The normalized spacial score (nSPS) is 14.5. The Bertz CT molecular complexity index is 1060. The smallest absolute Gasteiger partial charge is 0.280 e. The maximum atomic E-state index is 12.6. The van der Waals surface area contributed by atoms with Gasteiger partial charge in [0.15, 0.2) is 6.61 Å². The molecule has 3 heterocycles. The van der Waals surface area contributed by atoms with Crippen LogP contribution in [0.25, 0.3) is 10.2 Å². The Hall–Kier alpha value is -1.97. The van der Waals surface area contributed by atoms with Crippen molar-refractivity contribution < 1.29 is 9.53 Å². The van der Waals surface area contributed by atoms with E-state index >= 15 is 0 Å². The minimum Gasteiger partial charge on any atom is -0.483 e. The number of carbonyl (C=O) groups excluding carboxylic acids is 1. The molecule has 0 radical (unpaired) electrons. The average molecular weight is 434 g/mol. The minimum atomic E-state index is -0.407. The number of benzene rings is 1. The molecule has 1 amide bonds. The molecule has 146 valence electrons. The molecule has 1 aliphatic rings. The third-order valence-corrected chi connectivity index (χ3v) is 8.51. The summed E-state index contributed by atoms with van der Waals surface area (Å²) in [7, 11) is 0. The molecule has 1 aromatic carbocycles. The molecular formula is C19H19N3O3S3. The third kappa shape index (κ3) is 4.06. The first-order chi connectivity index (χ1) is 13.7. The molecule has 4 rings (SSSR count). The van der Waals surface area contributed by atoms with Crippen molar-refractivity contribution in [2.45, 2.75) is 17.9 Å². The van der Waals surface area contributed by atoms with E-state index in [0.29, 0.717) is 20.5 Å². The van der Waals surface area contributed by atoms with Crippen LogP contribution in [0, 0.1) is 0 Å². The molecule has 0 spiro atoms. The number of fused-ring (bicyclic) bond motifs is 1. The van der Waals surface area contributed by atoms with Crippen LogP contribution in [-0.4, -0.2) is 33.7 Å². The van der Waals surface area contributed by atoms with E-state index in [1.807, 2.05) is 60.8 Å². The Kier molecular flexibility index (Phi) is 5.93. The minimum absolute atomic E-state index is 0.173. The Balaban J connectivity index is 1.45. The van der Waals surface area contributed by atoms with Crippen molar-refractivity contribution in [3.05, 3.63) is 57.5 Å². The molecule has 0 saturated carbocycles. The van der Waals surface area contributed by atoms with Gasteiger partial charge in [-0.25, -0.2) is 9.66 Å². The number of aromatic nitrogens is 2. The van der Waals surface area contributed by atoms with Gasteiger partial charge in [0.1, 0.15) is 16.9 Å². The molecule has 1 saturated heterocycles. The summed E-state index contributed by atoms with van der Waals surface area (Å²) in [6.45, 7) is 1.86. The van der Waals surface area contributed by atoms with Gasteiger partial charge in [-0.1, -0.05) is 25.1 Å². The van der Waals surface area contributed by atoms with Crippen molar-refractivity contribution in [2.24, 2.45) is 0 Å². The first-order valence-corrected chi connectivity index (χ1v) is 11.8. The van der Waals surface area contributed by atoms with Crippen LogP contribution in [0.4, 0.5) is 0 Å². The molecular weight excluding hydrogens is 414 g/mol. The van der Waals surface area contributed by atoms with Crippen LogP contribution in [-0.2, 0) is 11.2 Å². The van der Waals surface area contributed by atoms with Gasteiger partial charge in [-0.05, 0) is 18.6 Å². The standard InChI is InChI=1S/C19H19N3O3S3/c1-2-12-9-14-17(28-12)20-11-22(18(14)24)21-16(23)10-25-15-6-4-3-5-13(15)19-26-7-8-27-19/h3-6,9,11,19H,2,7-8,10H2,1H3,(H,21,23). The molecule has 9 heteroatoms. The lowest BCUT2D eigenvalue weighted by Gasteiger charge is -2.15. The first-order valence-electron chi connectivity index (χ1n) is 8.90. The maximum Gasteiger partial charge on any atom is 0.280 e. The Morgan fingerprint density at radius 2 is 2.11 bits per heavy atom. The zero-order chi connectivity index (χ0) is 19.5.